The van der Waals surface area contributed by atoms with Gasteiger partial charge in [0.05, 0.1) is 11.5 Å². The topological polar surface area (TPSA) is 130 Å². The molecule has 3 rings (SSSR count). The highest BCUT2D eigenvalue weighted by atomic mass is 19.4. The smallest absolute Gasteiger partial charge is 0.421 e. The van der Waals surface area contributed by atoms with Crippen molar-refractivity contribution >= 4 is 29.3 Å². The first kappa shape index (κ1) is 19.4. The van der Waals surface area contributed by atoms with Gasteiger partial charge in [0.1, 0.15) is 11.4 Å². The van der Waals surface area contributed by atoms with Crippen molar-refractivity contribution in [3.63, 3.8) is 0 Å². The molecule has 1 aromatic carbocycles. The van der Waals surface area contributed by atoms with Crippen molar-refractivity contribution in [2.24, 2.45) is 11.7 Å². The van der Waals surface area contributed by atoms with E-state index < -0.39 is 41.4 Å². The fourth-order valence-corrected chi connectivity index (χ4v) is 2.77. The second-order valence-corrected chi connectivity index (χ2v) is 6.30. The van der Waals surface area contributed by atoms with Gasteiger partial charge in [0.2, 0.25) is 11.9 Å². The maximum atomic E-state index is 13.3. The maximum Gasteiger partial charge on any atom is 0.421 e. The SMILES string of the molecule is NC(=O)[C@H]1CC[C@H]1Nc1nc(Nc2ccc(C(=O)O)cc2)ncc1C(F)(F)F. The number of carbonyl (C=O) groups is 2. The van der Waals surface area contributed by atoms with Crippen LogP contribution in [0.2, 0.25) is 0 Å². The van der Waals surface area contributed by atoms with E-state index in [2.05, 4.69) is 20.6 Å². The van der Waals surface area contributed by atoms with Crippen LogP contribution in [0.1, 0.15) is 28.8 Å². The average Bonchev–Trinajstić information content (AvgIpc) is 2.58. The van der Waals surface area contributed by atoms with Crippen molar-refractivity contribution in [1.82, 2.24) is 9.97 Å². The lowest BCUT2D eigenvalue weighted by Gasteiger charge is -2.35. The second kappa shape index (κ2) is 7.33. The molecule has 0 unspecified atom stereocenters. The number of rotatable bonds is 6. The Morgan fingerprint density at radius 1 is 1.18 bits per heavy atom. The van der Waals surface area contributed by atoms with Crippen LogP contribution in [0.3, 0.4) is 0 Å². The standard InChI is InChI=1S/C17H16F3N5O3/c18-17(19,20)11-7-22-16(23-9-3-1-8(2-4-9)15(27)28)25-14(11)24-12-6-5-10(12)13(21)26/h1-4,7,10,12H,5-6H2,(H2,21,26)(H,27,28)(H2,22,23,24,25)/t10-,12+/m0/s1. The van der Waals surface area contributed by atoms with Crippen molar-refractivity contribution in [3.05, 3.63) is 41.6 Å². The number of hydrogen-bond acceptors (Lipinski definition) is 6. The minimum absolute atomic E-state index is 0.0590. The van der Waals surface area contributed by atoms with Crippen LogP contribution in [0, 0.1) is 5.92 Å². The molecule has 0 spiro atoms. The van der Waals surface area contributed by atoms with Crippen LogP contribution in [0.15, 0.2) is 30.5 Å². The molecule has 2 aromatic rings. The highest BCUT2D eigenvalue weighted by Crippen LogP contribution is 2.37. The van der Waals surface area contributed by atoms with Crippen molar-refractivity contribution < 1.29 is 27.9 Å². The zero-order valence-electron chi connectivity index (χ0n) is 14.3. The molecule has 1 aromatic heterocycles. The molecule has 0 aliphatic heterocycles. The lowest BCUT2D eigenvalue weighted by molar-refractivity contribution is -0.137. The Labute approximate surface area is 157 Å². The van der Waals surface area contributed by atoms with E-state index in [0.29, 0.717) is 24.7 Å². The van der Waals surface area contributed by atoms with Crippen molar-refractivity contribution in [1.29, 1.82) is 0 Å². The molecule has 1 heterocycles. The number of benzene rings is 1. The van der Waals surface area contributed by atoms with Crippen molar-refractivity contribution in [2.75, 3.05) is 10.6 Å². The van der Waals surface area contributed by atoms with Gasteiger partial charge in [-0.05, 0) is 37.1 Å². The fourth-order valence-electron chi connectivity index (χ4n) is 2.77. The number of carboxylic acids is 1. The third-order valence-electron chi connectivity index (χ3n) is 4.44. The Kier molecular flexibility index (Phi) is 5.08. The first-order chi connectivity index (χ1) is 13.1. The molecule has 1 aliphatic rings. The van der Waals surface area contributed by atoms with Crippen molar-refractivity contribution in [2.45, 2.75) is 25.1 Å². The van der Waals surface area contributed by atoms with Crippen LogP contribution in [-0.4, -0.2) is 33.0 Å². The molecule has 28 heavy (non-hydrogen) atoms. The number of aromatic carboxylic acids is 1. The number of nitrogens with one attached hydrogen (secondary N) is 2. The quantitative estimate of drug-likeness (QED) is 0.591. The predicted octanol–water partition coefficient (Wildman–Crippen LogP) is 2.61. The predicted molar refractivity (Wildman–Crippen MR) is 93.0 cm³/mol. The Bertz CT molecular complexity index is 902. The van der Waals surface area contributed by atoms with Crippen LogP contribution in [-0.2, 0) is 11.0 Å². The van der Waals surface area contributed by atoms with E-state index in [4.69, 9.17) is 10.8 Å². The largest absolute Gasteiger partial charge is 0.478 e. The monoisotopic (exact) mass is 395 g/mol. The van der Waals surface area contributed by atoms with Gasteiger partial charge in [-0.25, -0.2) is 9.78 Å². The van der Waals surface area contributed by atoms with E-state index in [1.807, 2.05) is 0 Å². The lowest BCUT2D eigenvalue weighted by atomic mass is 9.79. The Morgan fingerprint density at radius 2 is 1.86 bits per heavy atom. The number of amides is 1. The zero-order chi connectivity index (χ0) is 20.5. The first-order valence-electron chi connectivity index (χ1n) is 8.25. The van der Waals surface area contributed by atoms with Gasteiger partial charge in [-0.15, -0.1) is 0 Å². The summed E-state index contributed by atoms with van der Waals surface area (Å²) in [6.45, 7) is 0. The highest BCUT2D eigenvalue weighted by molar-refractivity contribution is 5.88. The van der Waals surface area contributed by atoms with Crippen LogP contribution in [0.5, 0.6) is 0 Å². The molecule has 2 atom stereocenters. The number of halogens is 3. The molecular weight excluding hydrogens is 379 g/mol. The summed E-state index contributed by atoms with van der Waals surface area (Å²) in [5.41, 5.74) is 4.64. The number of hydrogen-bond donors (Lipinski definition) is 4. The summed E-state index contributed by atoms with van der Waals surface area (Å²) in [5, 5.41) is 14.3. The molecular formula is C17H16F3N5O3. The number of alkyl halides is 3. The van der Waals surface area contributed by atoms with Gasteiger partial charge in [0, 0.05) is 17.9 Å². The highest BCUT2D eigenvalue weighted by Gasteiger charge is 2.39. The number of carbonyl (C=O) groups excluding carboxylic acids is 1. The molecule has 1 fully saturated rings. The minimum atomic E-state index is -4.68. The number of aromatic nitrogens is 2. The first-order valence-corrected chi connectivity index (χ1v) is 8.25. The van der Waals surface area contributed by atoms with Crippen LogP contribution < -0.4 is 16.4 Å². The number of nitrogens with zero attached hydrogens (tertiary/aromatic N) is 2. The summed E-state index contributed by atoms with van der Waals surface area (Å²) in [6, 6.07) is 5.01. The van der Waals surface area contributed by atoms with Gasteiger partial charge in [-0.1, -0.05) is 0 Å². The Hall–Kier alpha value is -3.37. The molecule has 148 valence electrons. The summed E-state index contributed by atoms with van der Waals surface area (Å²) >= 11 is 0. The summed E-state index contributed by atoms with van der Waals surface area (Å²) in [7, 11) is 0. The molecule has 1 aliphatic carbocycles. The molecule has 5 N–H and O–H groups in total. The maximum absolute atomic E-state index is 13.3. The number of nitrogens with two attached hydrogens (primary N) is 1. The summed E-state index contributed by atoms with van der Waals surface area (Å²) in [6.07, 6.45) is -3.05. The van der Waals surface area contributed by atoms with E-state index in [-0.39, 0.29) is 11.5 Å². The van der Waals surface area contributed by atoms with Gasteiger partial charge < -0.3 is 21.5 Å². The zero-order valence-corrected chi connectivity index (χ0v) is 14.3. The number of carboxylic acid groups (broad SMARTS) is 1. The Morgan fingerprint density at radius 3 is 2.36 bits per heavy atom. The Balaban J connectivity index is 1.85. The summed E-state index contributed by atoms with van der Waals surface area (Å²) in [5.74, 6) is -2.82. The van der Waals surface area contributed by atoms with Crippen LogP contribution >= 0.6 is 0 Å². The van der Waals surface area contributed by atoms with Gasteiger partial charge in [-0.3, -0.25) is 4.79 Å². The molecule has 8 nitrogen and oxygen atoms in total. The number of anilines is 3. The molecule has 1 amide bonds. The van der Waals surface area contributed by atoms with Crippen LogP contribution in [0.25, 0.3) is 0 Å². The third kappa shape index (κ3) is 4.13. The van der Waals surface area contributed by atoms with E-state index in [1.54, 1.807) is 0 Å². The lowest BCUT2D eigenvalue weighted by Crippen LogP contribution is -2.46. The van der Waals surface area contributed by atoms with Gasteiger partial charge in [-0.2, -0.15) is 18.2 Å². The third-order valence-corrected chi connectivity index (χ3v) is 4.44. The molecule has 11 heteroatoms. The minimum Gasteiger partial charge on any atom is -0.478 e. The van der Waals surface area contributed by atoms with E-state index in [0.717, 1.165) is 0 Å². The number of primary amides is 1. The molecule has 0 radical (unpaired) electrons. The van der Waals surface area contributed by atoms with Crippen molar-refractivity contribution in [3.8, 4) is 0 Å². The summed E-state index contributed by atoms with van der Waals surface area (Å²) in [4.78, 5) is 29.7. The van der Waals surface area contributed by atoms with E-state index in [1.165, 1.54) is 24.3 Å². The van der Waals surface area contributed by atoms with Gasteiger partial charge in [0.15, 0.2) is 0 Å². The normalized spacial score (nSPS) is 18.8. The molecule has 0 bridgehead atoms. The molecule has 1 saturated carbocycles. The fraction of sp³-hybridized carbons (Fsp3) is 0.294. The molecule has 0 saturated heterocycles. The van der Waals surface area contributed by atoms with E-state index in [9.17, 15) is 22.8 Å². The second-order valence-electron chi connectivity index (χ2n) is 6.30. The van der Waals surface area contributed by atoms with Crippen LogP contribution in [0.4, 0.5) is 30.6 Å². The summed E-state index contributed by atoms with van der Waals surface area (Å²) < 4.78 is 39.8. The van der Waals surface area contributed by atoms with E-state index >= 15 is 0 Å². The van der Waals surface area contributed by atoms with Gasteiger partial charge in [0.25, 0.3) is 0 Å². The average molecular weight is 395 g/mol. The van der Waals surface area contributed by atoms with Gasteiger partial charge >= 0.3 is 12.1 Å².